The van der Waals surface area contributed by atoms with Crippen LogP contribution in [0.15, 0.2) is 60.9 Å². The van der Waals surface area contributed by atoms with Crippen molar-refractivity contribution in [2.75, 3.05) is 37.6 Å². The largest absolute Gasteiger partial charge is 0.368 e. The van der Waals surface area contributed by atoms with Gasteiger partial charge in [-0.2, -0.15) is 5.26 Å². The number of carbonyl (C=O) groups is 1. The number of anilines is 1. The summed E-state index contributed by atoms with van der Waals surface area (Å²) >= 11 is 0. The van der Waals surface area contributed by atoms with Crippen LogP contribution in [0.1, 0.15) is 17.0 Å². The fraction of sp³-hybridized carbons (Fsp3) is 0.308. The zero-order valence-corrected chi connectivity index (χ0v) is 18.4. The fourth-order valence-electron chi connectivity index (χ4n) is 4.00. The minimum absolute atomic E-state index is 0.155. The highest BCUT2D eigenvalue weighted by Gasteiger charge is 2.17. The van der Waals surface area contributed by atoms with Gasteiger partial charge in [-0.25, -0.2) is 0 Å². The molecule has 1 fully saturated rings. The van der Waals surface area contributed by atoms with Gasteiger partial charge in [0.25, 0.3) is 0 Å². The lowest BCUT2D eigenvalue weighted by Gasteiger charge is -2.34. The molecule has 0 saturated carbocycles. The third kappa shape index (κ3) is 5.57. The van der Waals surface area contributed by atoms with Crippen LogP contribution in [0.25, 0.3) is 11.1 Å². The number of rotatable bonds is 7. The molecule has 1 aliphatic heterocycles. The third-order valence-electron chi connectivity index (χ3n) is 5.80. The Morgan fingerprint density at radius 3 is 2.41 bits per heavy atom. The van der Waals surface area contributed by atoms with E-state index >= 15 is 0 Å². The van der Waals surface area contributed by atoms with Gasteiger partial charge in [0, 0.05) is 56.6 Å². The summed E-state index contributed by atoms with van der Waals surface area (Å²) in [6.07, 6.45) is 4.41. The van der Waals surface area contributed by atoms with Crippen molar-refractivity contribution >= 4 is 11.5 Å². The van der Waals surface area contributed by atoms with Crippen LogP contribution in [0.2, 0.25) is 0 Å². The molecule has 0 N–H and O–H groups in total. The molecule has 0 unspecified atom stereocenters. The molecule has 3 aromatic rings. The van der Waals surface area contributed by atoms with Gasteiger partial charge in [-0.15, -0.1) is 0 Å². The summed E-state index contributed by atoms with van der Waals surface area (Å²) in [5.41, 5.74) is 6.12. The molecule has 0 aliphatic carbocycles. The summed E-state index contributed by atoms with van der Waals surface area (Å²) in [4.78, 5) is 25.8. The summed E-state index contributed by atoms with van der Waals surface area (Å²) in [6, 6.07) is 18.4. The summed E-state index contributed by atoms with van der Waals surface area (Å²) in [7, 11) is 0. The summed E-state index contributed by atoms with van der Waals surface area (Å²) in [5, 5.41) is 8.82. The molecule has 0 radical (unpaired) electrons. The number of piperazine rings is 1. The van der Waals surface area contributed by atoms with E-state index in [1.165, 1.54) is 0 Å². The smallest absolute Gasteiger partial charge is 0.143 e. The monoisotopic (exact) mass is 425 g/mol. The molecular formula is C26H27N5O. The van der Waals surface area contributed by atoms with E-state index in [9.17, 15) is 4.79 Å². The molecule has 0 bridgehead atoms. The van der Waals surface area contributed by atoms with Gasteiger partial charge in [0.1, 0.15) is 5.78 Å². The highest BCUT2D eigenvalue weighted by Crippen LogP contribution is 2.20. The predicted octanol–water partition coefficient (Wildman–Crippen LogP) is 3.45. The van der Waals surface area contributed by atoms with Crippen molar-refractivity contribution in [2.24, 2.45) is 0 Å². The number of pyridine rings is 2. The number of ketones is 1. The molecule has 1 aromatic carbocycles. The molecule has 2 aromatic heterocycles. The van der Waals surface area contributed by atoms with Gasteiger partial charge in [0.2, 0.25) is 0 Å². The van der Waals surface area contributed by atoms with Crippen LogP contribution in [0.5, 0.6) is 0 Å². The molecule has 0 amide bonds. The van der Waals surface area contributed by atoms with E-state index in [0.717, 1.165) is 59.9 Å². The van der Waals surface area contributed by atoms with Crippen molar-refractivity contribution in [3.8, 4) is 17.2 Å². The fourth-order valence-corrected chi connectivity index (χ4v) is 4.00. The molecule has 1 saturated heterocycles. The van der Waals surface area contributed by atoms with Crippen molar-refractivity contribution in [3.05, 3.63) is 77.9 Å². The first-order valence-corrected chi connectivity index (χ1v) is 10.9. The number of nitrogens with zero attached hydrogens (tertiary/aromatic N) is 5. The van der Waals surface area contributed by atoms with Crippen LogP contribution >= 0.6 is 0 Å². The van der Waals surface area contributed by atoms with E-state index < -0.39 is 0 Å². The third-order valence-corrected chi connectivity index (χ3v) is 5.80. The second-order valence-corrected chi connectivity index (χ2v) is 8.20. The van der Waals surface area contributed by atoms with Crippen molar-refractivity contribution in [2.45, 2.75) is 19.8 Å². The van der Waals surface area contributed by atoms with Crippen LogP contribution in [-0.2, 0) is 17.6 Å². The Morgan fingerprint density at radius 2 is 1.75 bits per heavy atom. The highest BCUT2D eigenvalue weighted by atomic mass is 16.1. The lowest BCUT2D eigenvalue weighted by atomic mass is 10.0. The lowest BCUT2D eigenvalue weighted by Crippen LogP contribution is -2.46. The van der Waals surface area contributed by atoms with Crippen molar-refractivity contribution in [3.63, 3.8) is 0 Å². The standard InChI is InChI=1S/C26H27N5O/c1-20-16-23(8-10-28-20)22-4-2-21(3-5-22)17-26(32)18-24-6-7-25(19-29-24)31-14-12-30(11-9-27)13-15-31/h2-8,10,16,19H,11-15,17-18H2,1H3. The van der Waals surface area contributed by atoms with E-state index in [1.54, 1.807) is 0 Å². The van der Waals surface area contributed by atoms with Crippen LogP contribution in [0.4, 0.5) is 5.69 Å². The predicted molar refractivity (Wildman–Crippen MR) is 125 cm³/mol. The van der Waals surface area contributed by atoms with Crippen LogP contribution in [0, 0.1) is 18.3 Å². The summed E-state index contributed by atoms with van der Waals surface area (Å²) in [6.45, 7) is 6.00. The first kappa shape index (κ1) is 21.7. The van der Waals surface area contributed by atoms with Gasteiger partial charge in [0.05, 0.1) is 24.5 Å². The number of hydrogen-bond donors (Lipinski definition) is 0. The second kappa shape index (κ2) is 10.2. The molecule has 0 spiro atoms. The Bertz CT molecular complexity index is 1090. The molecule has 3 heterocycles. The number of aromatic nitrogens is 2. The first-order chi connectivity index (χ1) is 15.6. The molecular weight excluding hydrogens is 398 g/mol. The number of aryl methyl sites for hydroxylation is 1. The number of hydrogen-bond acceptors (Lipinski definition) is 6. The van der Waals surface area contributed by atoms with Crippen LogP contribution in [-0.4, -0.2) is 53.4 Å². The summed E-state index contributed by atoms with van der Waals surface area (Å²) < 4.78 is 0. The Labute approximate surface area is 189 Å². The van der Waals surface area contributed by atoms with E-state index in [1.807, 2.05) is 49.6 Å². The number of nitriles is 1. The molecule has 32 heavy (non-hydrogen) atoms. The van der Waals surface area contributed by atoms with Gasteiger partial charge in [-0.05, 0) is 47.9 Å². The average molecular weight is 426 g/mol. The van der Waals surface area contributed by atoms with E-state index in [2.05, 4.69) is 44.0 Å². The first-order valence-electron chi connectivity index (χ1n) is 10.9. The maximum Gasteiger partial charge on any atom is 0.143 e. The van der Waals surface area contributed by atoms with E-state index in [0.29, 0.717) is 19.4 Å². The zero-order chi connectivity index (χ0) is 22.3. The maximum absolute atomic E-state index is 12.6. The Hall–Kier alpha value is -3.56. The van der Waals surface area contributed by atoms with E-state index in [-0.39, 0.29) is 5.78 Å². The number of Topliss-reactive ketones (excluding diaryl/α,β-unsaturated/α-hetero) is 1. The Morgan fingerprint density at radius 1 is 0.969 bits per heavy atom. The topological polar surface area (TPSA) is 73.1 Å². The van der Waals surface area contributed by atoms with Crippen LogP contribution < -0.4 is 4.90 Å². The molecule has 162 valence electrons. The van der Waals surface area contributed by atoms with Gasteiger partial charge < -0.3 is 4.90 Å². The average Bonchev–Trinajstić information content (AvgIpc) is 2.81. The number of benzene rings is 1. The molecule has 6 nitrogen and oxygen atoms in total. The second-order valence-electron chi connectivity index (χ2n) is 8.20. The van der Waals surface area contributed by atoms with Crippen molar-refractivity contribution in [1.29, 1.82) is 5.26 Å². The highest BCUT2D eigenvalue weighted by molar-refractivity contribution is 5.83. The van der Waals surface area contributed by atoms with E-state index in [4.69, 9.17) is 5.26 Å². The van der Waals surface area contributed by atoms with Gasteiger partial charge in [0.15, 0.2) is 0 Å². The maximum atomic E-state index is 12.6. The minimum atomic E-state index is 0.155. The van der Waals surface area contributed by atoms with Crippen molar-refractivity contribution < 1.29 is 4.79 Å². The van der Waals surface area contributed by atoms with Crippen LogP contribution in [0.3, 0.4) is 0 Å². The zero-order valence-electron chi connectivity index (χ0n) is 18.4. The molecule has 0 atom stereocenters. The lowest BCUT2D eigenvalue weighted by molar-refractivity contribution is -0.117. The normalized spacial score (nSPS) is 14.2. The minimum Gasteiger partial charge on any atom is -0.368 e. The van der Waals surface area contributed by atoms with Gasteiger partial charge >= 0.3 is 0 Å². The van der Waals surface area contributed by atoms with Gasteiger partial charge in [-0.3, -0.25) is 19.7 Å². The van der Waals surface area contributed by atoms with Crippen molar-refractivity contribution in [1.82, 2.24) is 14.9 Å². The molecule has 6 heteroatoms. The SMILES string of the molecule is Cc1cc(-c2ccc(CC(=O)Cc3ccc(N4CCN(CC#N)CC4)cn3)cc2)ccn1. The molecule has 4 rings (SSSR count). The number of carbonyl (C=O) groups excluding carboxylic acids is 1. The summed E-state index contributed by atoms with van der Waals surface area (Å²) in [5.74, 6) is 0.155. The molecule has 1 aliphatic rings. The quantitative estimate of drug-likeness (QED) is 0.540. The Kier molecular flexibility index (Phi) is 6.88. The van der Waals surface area contributed by atoms with Gasteiger partial charge in [-0.1, -0.05) is 24.3 Å². The Balaban J connectivity index is 1.30.